The Morgan fingerprint density at radius 2 is 1.96 bits per heavy atom. The van der Waals surface area contributed by atoms with Crippen LogP contribution in [-0.2, 0) is 22.6 Å². The fraction of sp³-hybridized carbons (Fsp3) is 0.263. The summed E-state index contributed by atoms with van der Waals surface area (Å²) in [6.45, 7) is 2.05. The first-order valence-electron chi connectivity index (χ1n) is 8.59. The van der Waals surface area contributed by atoms with E-state index < -0.39 is 6.04 Å². The van der Waals surface area contributed by atoms with Crippen LogP contribution in [0, 0.1) is 0 Å². The zero-order chi connectivity index (χ0) is 19.1. The number of carbonyl (C=O) groups excluding carboxylic acids is 2. The maximum atomic E-state index is 12.1. The van der Waals surface area contributed by atoms with E-state index in [0.717, 1.165) is 5.56 Å². The molecule has 140 valence electrons. The van der Waals surface area contributed by atoms with Crippen LogP contribution in [0.25, 0.3) is 11.6 Å². The Hall–Kier alpha value is -3.42. The molecule has 0 aliphatic rings. The molecule has 2 heterocycles. The number of hydrogen-bond acceptors (Lipinski definition) is 6. The van der Waals surface area contributed by atoms with E-state index in [4.69, 9.17) is 8.94 Å². The molecular formula is C19H20N4O4. The number of hydrogen-bond donors (Lipinski definition) is 2. The van der Waals surface area contributed by atoms with Crippen LogP contribution >= 0.6 is 0 Å². The van der Waals surface area contributed by atoms with E-state index in [1.54, 1.807) is 19.1 Å². The van der Waals surface area contributed by atoms with Gasteiger partial charge in [-0.1, -0.05) is 35.5 Å². The topological polar surface area (TPSA) is 110 Å². The average Bonchev–Trinajstić information content (AvgIpc) is 3.36. The maximum Gasteiger partial charge on any atom is 0.242 e. The van der Waals surface area contributed by atoms with E-state index in [2.05, 4.69) is 20.8 Å². The SMILES string of the molecule is CC(NC(=O)CCc1nc(-c2ccco2)no1)C(=O)NCc1ccccc1. The number of benzene rings is 1. The lowest BCUT2D eigenvalue weighted by molar-refractivity contribution is -0.128. The summed E-state index contributed by atoms with van der Waals surface area (Å²) < 4.78 is 10.3. The maximum absolute atomic E-state index is 12.1. The molecule has 1 atom stereocenters. The van der Waals surface area contributed by atoms with Gasteiger partial charge in [-0.2, -0.15) is 4.98 Å². The molecule has 8 nitrogen and oxygen atoms in total. The summed E-state index contributed by atoms with van der Waals surface area (Å²) in [5.74, 6) is 0.653. The number of carbonyl (C=O) groups is 2. The van der Waals surface area contributed by atoms with Gasteiger partial charge in [0, 0.05) is 19.4 Å². The zero-order valence-corrected chi connectivity index (χ0v) is 14.8. The number of nitrogens with zero attached hydrogens (tertiary/aromatic N) is 2. The monoisotopic (exact) mass is 368 g/mol. The van der Waals surface area contributed by atoms with E-state index in [1.807, 2.05) is 30.3 Å². The van der Waals surface area contributed by atoms with Crippen LogP contribution < -0.4 is 10.6 Å². The van der Waals surface area contributed by atoms with Gasteiger partial charge in [0.15, 0.2) is 5.76 Å². The van der Waals surface area contributed by atoms with Crippen LogP contribution in [0.1, 0.15) is 24.8 Å². The number of amides is 2. The second-order valence-corrected chi connectivity index (χ2v) is 5.98. The minimum absolute atomic E-state index is 0.135. The lowest BCUT2D eigenvalue weighted by atomic mass is 10.2. The molecule has 1 unspecified atom stereocenters. The molecular weight excluding hydrogens is 348 g/mol. The molecule has 0 saturated heterocycles. The number of aryl methyl sites for hydroxylation is 1. The van der Waals surface area contributed by atoms with Crippen molar-refractivity contribution in [3.05, 3.63) is 60.2 Å². The van der Waals surface area contributed by atoms with Crippen molar-refractivity contribution in [2.45, 2.75) is 32.4 Å². The summed E-state index contributed by atoms with van der Waals surface area (Å²) in [6.07, 6.45) is 1.93. The van der Waals surface area contributed by atoms with Crippen molar-refractivity contribution in [2.75, 3.05) is 0 Å². The molecule has 3 rings (SSSR count). The quantitative estimate of drug-likeness (QED) is 0.630. The summed E-state index contributed by atoms with van der Waals surface area (Å²) in [4.78, 5) is 28.3. The third-order valence-electron chi connectivity index (χ3n) is 3.86. The molecule has 0 radical (unpaired) electrons. The molecule has 0 saturated carbocycles. The number of furan rings is 1. The van der Waals surface area contributed by atoms with Gasteiger partial charge in [0.25, 0.3) is 0 Å². The lowest BCUT2D eigenvalue weighted by Crippen LogP contribution is -2.44. The molecule has 0 aliphatic heterocycles. The van der Waals surface area contributed by atoms with Crippen LogP contribution in [0.15, 0.2) is 57.7 Å². The predicted molar refractivity (Wildman–Crippen MR) is 96.2 cm³/mol. The molecule has 0 spiro atoms. The van der Waals surface area contributed by atoms with E-state index >= 15 is 0 Å². The Morgan fingerprint density at radius 1 is 1.15 bits per heavy atom. The summed E-state index contributed by atoms with van der Waals surface area (Å²) in [5.41, 5.74) is 0.994. The van der Waals surface area contributed by atoms with Crippen molar-refractivity contribution >= 4 is 11.8 Å². The van der Waals surface area contributed by atoms with Gasteiger partial charge in [-0.15, -0.1) is 0 Å². The van der Waals surface area contributed by atoms with Gasteiger partial charge in [0.2, 0.25) is 23.5 Å². The highest BCUT2D eigenvalue weighted by Gasteiger charge is 2.17. The van der Waals surface area contributed by atoms with Gasteiger partial charge >= 0.3 is 0 Å². The Morgan fingerprint density at radius 3 is 2.70 bits per heavy atom. The molecule has 0 aliphatic carbocycles. The molecule has 2 amide bonds. The van der Waals surface area contributed by atoms with Crippen LogP contribution in [0.3, 0.4) is 0 Å². The number of aromatic nitrogens is 2. The molecule has 2 aromatic heterocycles. The van der Waals surface area contributed by atoms with Gasteiger partial charge in [-0.3, -0.25) is 9.59 Å². The van der Waals surface area contributed by atoms with Crippen molar-refractivity contribution in [1.29, 1.82) is 0 Å². The van der Waals surface area contributed by atoms with Gasteiger partial charge in [-0.05, 0) is 24.6 Å². The third kappa shape index (κ3) is 5.27. The van der Waals surface area contributed by atoms with Crippen LogP contribution in [-0.4, -0.2) is 28.0 Å². The summed E-state index contributed by atoms with van der Waals surface area (Å²) >= 11 is 0. The number of nitrogens with one attached hydrogen (secondary N) is 2. The van der Waals surface area contributed by atoms with Crippen molar-refractivity contribution < 1.29 is 18.5 Å². The molecule has 0 fully saturated rings. The first kappa shape index (κ1) is 18.4. The molecule has 3 aromatic rings. The summed E-state index contributed by atoms with van der Waals surface area (Å²) in [6, 6.07) is 12.4. The van der Waals surface area contributed by atoms with Crippen molar-refractivity contribution in [3.8, 4) is 11.6 Å². The third-order valence-corrected chi connectivity index (χ3v) is 3.86. The Balaban J connectivity index is 1.41. The minimum Gasteiger partial charge on any atom is -0.461 e. The fourth-order valence-corrected chi connectivity index (χ4v) is 2.40. The van der Waals surface area contributed by atoms with Crippen molar-refractivity contribution in [2.24, 2.45) is 0 Å². The molecule has 0 bridgehead atoms. The van der Waals surface area contributed by atoms with E-state index in [-0.39, 0.29) is 24.7 Å². The molecule has 2 N–H and O–H groups in total. The second-order valence-electron chi connectivity index (χ2n) is 5.98. The normalized spacial score (nSPS) is 11.7. The van der Waals surface area contributed by atoms with E-state index in [9.17, 15) is 9.59 Å². The van der Waals surface area contributed by atoms with Gasteiger partial charge in [0.1, 0.15) is 6.04 Å². The van der Waals surface area contributed by atoms with Crippen LogP contribution in [0.5, 0.6) is 0 Å². The second kappa shape index (κ2) is 8.79. The largest absolute Gasteiger partial charge is 0.461 e. The minimum atomic E-state index is -0.637. The highest BCUT2D eigenvalue weighted by atomic mass is 16.5. The standard InChI is InChI=1S/C19H20N4O4/c1-13(19(25)20-12-14-6-3-2-4-7-14)21-16(24)9-10-17-22-18(23-27-17)15-8-5-11-26-15/h2-8,11,13H,9-10,12H2,1H3,(H,20,25)(H,21,24). The predicted octanol–water partition coefficient (Wildman–Crippen LogP) is 2.08. The van der Waals surface area contributed by atoms with Gasteiger partial charge in [-0.25, -0.2) is 0 Å². The first-order valence-corrected chi connectivity index (χ1v) is 8.59. The molecule has 27 heavy (non-hydrogen) atoms. The van der Waals surface area contributed by atoms with Crippen LogP contribution in [0.2, 0.25) is 0 Å². The summed E-state index contributed by atoms with van der Waals surface area (Å²) in [7, 11) is 0. The van der Waals surface area contributed by atoms with Crippen molar-refractivity contribution in [3.63, 3.8) is 0 Å². The van der Waals surface area contributed by atoms with Gasteiger partial charge in [0.05, 0.1) is 6.26 Å². The number of rotatable bonds is 8. The summed E-state index contributed by atoms with van der Waals surface area (Å²) in [5, 5.41) is 9.26. The van der Waals surface area contributed by atoms with E-state index in [0.29, 0.717) is 24.0 Å². The van der Waals surface area contributed by atoms with Gasteiger partial charge < -0.3 is 19.6 Å². The Kier molecular flexibility index (Phi) is 5.98. The smallest absolute Gasteiger partial charge is 0.242 e. The first-order chi connectivity index (χ1) is 13.1. The lowest BCUT2D eigenvalue weighted by Gasteiger charge is -2.14. The van der Waals surface area contributed by atoms with Crippen molar-refractivity contribution in [1.82, 2.24) is 20.8 Å². The Labute approximate surface area is 156 Å². The fourth-order valence-electron chi connectivity index (χ4n) is 2.40. The zero-order valence-electron chi connectivity index (χ0n) is 14.8. The molecule has 1 aromatic carbocycles. The molecule has 8 heteroatoms. The highest BCUT2D eigenvalue weighted by molar-refractivity contribution is 5.87. The van der Waals surface area contributed by atoms with Crippen LogP contribution in [0.4, 0.5) is 0 Å². The van der Waals surface area contributed by atoms with E-state index in [1.165, 1.54) is 6.26 Å². The average molecular weight is 368 g/mol. The Bertz CT molecular complexity index is 874. The highest BCUT2D eigenvalue weighted by Crippen LogP contribution is 2.16.